The maximum atomic E-state index is 11.3. The maximum absolute atomic E-state index is 11.3. The van der Waals surface area contributed by atoms with Gasteiger partial charge in [-0.25, -0.2) is 0 Å². The normalized spacial score (nSPS) is 9.77. The summed E-state index contributed by atoms with van der Waals surface area (Å²) in [4.78, 5) is 11.3. The van der Waals surface area contributed by atoms with E-state index in [0.717, 1.165) is 4.47 Å². The summed E-state index contributed by atoms with van der Waals surface area (Å²) in [7, 11) is 1.58. The number of benzene rings is 1. The highest BCUT2D eigenvalue weighted by Gasteiger charge is 2.06. The molecule has 0 spiro atoms. The Morgan fingerprint density at radius 2 is 2.23 bits per heavy atom. The van der Waals surface area contributed by atoms with Crippen LogP contribution in [0.15, 0.2) is 22.7 Å². The molecule has 70 valence electrons. The molecule has 3 heteroatoms. The van der Waals surface area contributed by atoms with Gasteiger partial charge in [-0.3, -0.25) is 4.79 Å². The molecule has 0 saturated carbocycles. The van der Waals surface area contributed by atoms with Crippen LogP contribution in [0, 0.1) is 0 Å². The number of methoxy groups -OCH3 is 1. The van der Waals surface area contributed by atoms with E-state index in [0.29, 0.717) is 17.7 Å². The number of ether oxygens (including phenoxy) is 1. The molecule has 0 aliphatic carbocycles. The lowest BCUT2D eigenvalue weighted by atomic mass is 10.1. The zero-order valence-electron chi connectivity index (χ0n) is 7.63. The standard InChI is InChI=1S/C10H11BrO2/c1-3-9(12)7-4-5-8(11)10(6-7)13-2/h4-6H,3H2,1-2H3. The second kappa shape index (κ2) is 4.42. The van der Waals surface area contributed by atoms with E-state index in [4.69, 9.17) is 4.74 Å². The number of hydrogen-bond acceptors (Lipinski definition) is 2. The van der Waals surface area contributed by atoms with Crippen LogP contribution in [-0.4, -0.2) is 12.9 Å². The molecule has 1 aromatic carbocycles. The number of carbonyl (C=O) groups is 1. The van der Waals surface area contributed by atoms with E-state index in [1.165, 1.54) is 0 Å². The van der Waals surface area contributed by atoms with Crippen LogP contribution >= 0.6 is 15.9 Å². The van der Waals surface area contributed by atoms with Crippen molar-refractivity contribution in [2.45, 2.75) is 13.3 Å². The molecule has 0 amide bonds. The number of halogens is 1. The highest BCUT2D eigenvalue weighted by atomic mass is 79.9. The summed E-state index contributed by atoms with van der Waals surface area (Å²) in [5.41, 5.74) is 0.697. The molecule has 0 aliphatic heterocycles. The first-order valence-electron chi connectivity index (χ1n) is 4.05. The lowest BCUT2D eigenvalue weighted by Crippen LogP contribution is -1.97. The molecule has 0 N–H and O–H groups in total. The molecule has 0 heterocycles. The second-order valence-corrected chi connectivity index (χ2v) is 3.48. The van der Waals surface area contributed by atoms with E-state index in [2.05, 4.69) is 15.9 Å². The van der Waals surface area contributed by atoms with Crippen LogP contribution in [0.4, 0.5) is 0 Å². The van der Waals surface area contributed by atoms with Crippen LogP contribution in [0.25, 0.3) is 0 Å². The van der Waals surface area contributed by atoms with Crippen LogP contribution in [0.1, 0.15) is 23.7 Å². The van der Waals surface area contributed by atoms with Crippen LogP contribution in [0.2, 0.25) is 0 Å². The van der Waals surface area contributed by atoms with Crippen molar-refractivity contribution in [1.29, 1.82) is 0 Å². The van der Waals surface area contributed by atoms with E-state index in [1.807, 2.05) is 13.0 Å². The molecule has 0 atom stereocenters. The van der Waals surface area contributed by atoms with Crippen LogP contribution in [0.5, 0.6) is 5.75 Å². The van der Waals surface area contributed by atoms with Gasteiger partial charge in [0.25, 0.3) is 0 Å². The molecule has 2 nitrogen and oxygen atoms in total. The first-order valence-corrected chi connectivity index (χ1v) is 4.85. The van der Waals surface area contributed by atoms with Gasteiger partial charge < -0.3 is 4.74 Å². The van der Waals surface area contributed by atoms with Gasteiger partial charge in [0, 0.05) is 12.0 Å². The van der Waals surface area contributed by atoms with Gasteiger partial charge in [0.1, 0.15) is 5.75 Å². The Labute approximate surface area is 86.0 Å². The van der Waals surface area contributed by atoms with Crippen molar-refractivity contribution < 1.29 is 9.53 Å². The Morgan fingerprint density at radius 1 is 1.54 bits per heavy atom. The predicted octanol–water partition coefficient (Wildman–Crippen LogP) is 3.05. The lowest BCUT2D eigenvalue weighted by molar-refractivity contribution is 0.0988. The van der Waals surface area contributed by atoms with Gasteiger partial charge in [0.05, 0.1) is 11.6 Å². The smallest absolute Gasteiger partial charge is 0.162 e. The highest BCUT2D eigenvalue weighted by molar-refractivity contribution is 9.10. The Morgan fingerprint density at radius 3 is 2.77 bits per heavy atom. The van der Waals surface area contributed by atoms with Gasteiger partial charge in [-0.15, -0.1) is 0 Å². The number of hydrogen-bond donors (Lipinski definition) is 0. The molecule has 0 aliphatic rings. The second-order valence-electron chi connectivity index (χ2n) is 2.63. The molecule has 13 heavy (non-hydrogen) atoms. The summed E-state index contributed by atoms with van der Waals surface area (Å²) >= 11 is 3.33. The predicted molar refractivity (Wildman–Crippen MR) is 55.3 cm³/mol. The van der Waals surface area contributed by atoms with E-state index >= 15 is 0 Å². The molecule has 0 saturated heterocycles. The first kappa shape index (κ1) is 10.3. The van der Waals surface area contributed by atoms with E-state index in [9.17, 15) is 4.79 Å². The van der Waals surface area contributed by atoms with Gasteiger partial charge in [0.15, 0.2) is 5.78 Å². The third-order valence-corrected chi connectivity index (χ3v) is 2.45. The van der Waals surface area contributed by atoms with Crippen LogP contribution in [-0.2, 0) is 0 Å². The number of ketones is 1. The quantitative estimate of drug-likeness (QED) is 0.762. The minimum atomic E-state index is 0.130. The molecule has 0 bridgehead atoms. The van der Waals surface area contributed by atoms with E-state index in [-0.39, 0.29) is 5.78 Å². The molecular weight excluding hydrogens is 232 g/mol. The zero-order chi connectivity index (χ0) is 9.84. The van der Waals surface area contributed by atoms with Gasteiger partial charge >= 0.3 is 0 Å². The van der Waals surface area contributed by atoms with Crippen LogP contribution in [0.3, 0.4) is 0 Å². The summed E-state index contributed by atoms with van der Waals surface area (Å²) in [6, 6.07) is 5.36. The lowest BCUT2D eigenvalue weighted by Gasteiger charge is -2.04. The minimum Gasteiger partial charge on any atom is -0.496 e. The SMILES string of the molecule is CCC(=O)c1ccc(Br)c(OC)c1. The average Bonchev–Trinajstić information content (AvgIpc) is 2.17. The third-order valence-electron chi connectivity index (χ3n) is 1.79. The Balaban J connectivity index is 3.06. The van der Waals surface area contributed by atoms with Crippen molar-refractivity contribution in [2.75, 3.05) is 7.11 Å². The fraction of sp³-hybridized carbons (Fsp3) is 0.300. The fourth-order valence-corrected chi connectivity index (χ4v) is 1.45. The zero-order valence-corrected chi connectivity index (χ0v) is 9.22. The summed E-state index contributed by atoms with van der Waals surface area (Å²) in [6.07, 6.45) is 0.519. The van der Waals surface area contributed by atoms with Crippen molar-refractivity contribution in [3.63, 3.8) is 0 Å². The van der Waals surface area contributed by atoms with Crippen LogP contribution < -0.4 is 4.74 Å². The average molecular weight is 243 g/mol. The first-order chi connectivity index (χ1) is 6.19. The van der Waals surface area contributed by atoms with Crippen molar-refractivity contribution in [2.24, 2.45) is 0 Å². The van der Waals surface area contributed by atoms with Gasteiger partial charge in [-0.05, 0) is 28.1 Å². The Kier molecular flexibility index (Phi) is 3.48. The molecule has 0 radical (unpaired) electrons. The molecule has 1 aromatic rings. The van der Waals surface area contributed by atoms with E-state index in [1.54, 1.807) is 19.2 Å². The van der Waals surface area contributed by atoms with Gasteiger partial charge in [-0.2, -0.15) is 0 Å². The van der Waals surface area contributed by atoms with Crippen molar-refractivity contribution in [3.8, 4) is 5.75 Å². The minimum absolute atomic E-state index is 0.130. The number of Topliss-reactive ketones (excluding diaryl/α,β-unsaturated/α-hetero) is 1. The molecule has 1 rings (SSSR count). The van der Waals surface area contributed by atoms with Crippen molar-refractivity contribution in [3.05, 3.63) is 28.2 Å². The van der Waals surface area contributed by atoms with Crippen molar-refractivity contribution in [1.82, 2.24) is 0 Å². The summed E-state index contributed by atoms with van der Waals surface area (Å²) in [6.45, 7) is 1.84. The highest BCUT2D eigenvalue weighted by Crippen LogP contribution is 2.25. The van der Waals surface area contributed by atoms with Gasteiger partial charge in [0.2, 0.25) is 0 Å². The maximum Gasteiger partial charge on any atom is 0.162 e. The molecule has 0 aromatic heterocycles. The summed E-state index contributed by atoms with van der Waals surface area (Å²) < 4.78 is 5.94. The molecule has 0 fully saturated rings. The molecule has 0 unspecified atom stereocenters. The topological polar surface area (TPSA) is 26.3 Å². The number of carbonyl (C=O) groups excluding carboxylic acids is 1. The van der Waals surface area contributed by atoms with Gasteiger partial charge in [-0.1, -0.05) is 13.0 Å². The fourth-order valence-electron chi connectivity index (χ4n) is 1.04. The number of rotatable bonds is 3. The Hall–Kier alpha value is -0.830. The monoisotopic (exact) mass is 242 g/mol. The Bertz CT molecular complexity index is 321. The summed E-state index contributed by atoms with van der Waals surface area (Å²) in [5, 5.41) is 0. The van der Waals surface area contributed by atoms with Crippen molar-refractivity contribution >= 4 is 21.7 Å². The molecular formula is C10H11BrO2. The largest absolute Gasteiger partial charge is 0.496 e. The van der Waals surface area contributed by atoms with E-state index < -0.39 is 0 Å². The summed E-state index contributed by atoms with van der Waals surface area (Å²) in [5.74, 6) is 0.824. The third kappa shape index (κ3) is 2.31.